The number of rotatable bonds is 1. The number of hydrogen-bond donors (Lipinski definition) is 0. The molecule has 1 aliphatic heterocycles. The third-order valence-corrected chi connectivity index (χ3v) is 1.71. The highest BCUT2D eigenvalue weighted by Gasteiger charge is 2.05. The van der Waals surface area contributed by atoms with Crippen LogP contribution in [-0.2, 0) is 0 Å². The Morgan fingerprint density at radius 1 is 1.12 bits per heavy atom. The summed E-state index contributed by atoms with van der Waals surface area (Å²) >= 11 is 0. The van der Waals surface area contributed by atoms with Gasteiger partial charge in [-0.05, 0) is 32.9 Å². The van der Waals surface area contributed by atoms with Gasteiger partial charge in [-0.3, -0.25) is 0 Å². The van der Waals surface area contributed by atoms with E-state index < -0.39 is 0 Å². The maximum Gasteiger partial charge on any atom is 0.00161 e. The highest BCUT2D eigenvalue weighted by molar-refractivity contribution is 4.64. The molecule has 0 bridgehead atoms. The first kappa shape index (κ1) is 6.09. The summed E-state index contributed by atoms with van der Waals surface area (Å²) in [6, 6.07) is 0. The van der Waals surface area contributed by atoms with Gasteiger partial charge in [0.25, 0.3) is 0 Å². The zero-order valence-corrected chi connectivity index (χ0v) is 5.27. The summed E-state index contributed by atoms with van der Waals surface area (Å²) in [7, 11) is 0. The average molecular weight is 111 g/mol. The number of likely N-dealkylation sites (tertiary alicyclic amines) is 1. The zero-order valence-electron chi connectivity index (χ0n) is 5.27. The average Bonchev–Trinajstić information content (AvgIpc) is 1.90. The van der Waals surface area contributed by atoms with Crippen LogP contribution in [0.25, 0.3) is 0 Å². The van der Waals surface area contributed by atoms with E-state index >= 15 is 0 Å². The lowest BCUT2D eigenvalue weighted by atomic mass is 10.1. The maximum atomic E-state index is 5.43. The monoisotopic (exact) mass is 111 g/mol. The first-order valence-corrected chi connectivity index (χ1v) is 3.36. The predicted molar refractivity (Wildman–Crippen MR) is 34.6 cm³/mol. The zero-order chi connectivity index (χ0) is 5.82. The summed E-state index contributed by atoms with van der Waals surface area (Å²) in [5, 5.41) is 0. The molecule has 0 aromatic rings. The topological polar surface area (TPSA) is 3.24 Å². The molecule has 0 amide bonds. The molecule has 1 heteroatoms. The fourth-order valence-electron chi connectivity index (χ4n) is 1.14. The van der Waals surface area contributed by atoms with Crippen molar-refractivity contribution in [2.45, 2.75) is 19.3 Å². The summed E-state index contributed by atoms with van der Waals surface area (Å²) in [4.78, 5) is 2.30. The van der Waals surface area contributed by atoms with Crippen molar-refractivity contribution >= 4 is 0 Å². The normalized spacial score (nSPS) is 23.6. The minimum absolute atomic E-state index is 0.750. The van der Waals surface area contributed by atoms with E-state index in [1.54, 1.807) is 0 Å². The lowest BCUT2D eigenvalue weighted by molar-refractivity contribution is 0.250. The van der Waals surface area contributed by atoms with E-state index in [1.165, 1.54) is 32.4 Å². The van der Waals surface area contributed by atoms with Crippen LogP contribution in [0, 0.1) is 6.92 Å². The molecule has 1 saturated heterocycles. The molecule has 8 heavy (non-hydrogen) atoms. The Hall–Kier alpha value is -0.0400. The minimum atomic E-state index is 0.750. The van der Waals surface area contributed by atoms with Crippen LogP contribution >= 0.6 is 0 Å². The second kappa shape index (κ2) is 3.08. The Morgan fingerprint density at radius 3 is 2.12 bits per heavy atom. The molecular formula is C7H13N. The van der Waals surface area contributed by atoms with Crippen LogP contribution in [0.3, 0.4) is 0 Å². The molecule has 0 unspecified atom stereocenters. The van der Waals surface area contributed by atoms with Crippen LogP contribution in [0.4, 0.5) is 0 Å². The van der Waals surface area contributed by atoms with Crippen LogP contribution in [0.2, 0.25) is 0 Å². The van der Waals surface area contributed by atoms with Gasteiger partial charge in [0.15, 0.2) is 0 Å². The van der Waals surface area contributed by atoms with E-state index in [-0.39, 0.29) is 0 Å². The molecule has 1 heterocycles. The second-order valence-corrected chi connectivity index (χ2v) is 2.36. The number of nitrogens with zero attached hydrogens (tertiary/aromatic N) is 1. The van der Waals surface area contributed by atoms with E-state index in [0.29, 0.717) is 0 Å². The van der Waals surface area contributed by atoms with Crippen molar-refractivity contribution in [2.75, 3.05) is 19.6 Å². The van der Waals surface area contributed by atoms with Gasteiger partial charge in [0, 0.05) is 6.54 Å². The van der Waals surface area contributed by atoms with Crippen LogP contribution in [0.15, 0.2) is 0 Å². The highest BCUT2D eigenvalue weighted by atomic mass is 15.1. The molecule has 2 radical (unpaired) electrons. The van der Waals surface area contributed by atoms with Gasteiger partial charge in [0.1, 0.15) is 0 Å². The fourth-order valence-corrected chi connectivity index (χ4v) is 1.14. The highest BCUT2D eigenvalue weighted by Crippen LogP contribution is 2.06. The second-order valence-electron chi connectivity index (χ2n) is 2.36. The van der Waals surface area contributed by atoms with Gasteiger partial charge in [-0.25, -0.2) is 0 Å². The van der Waals surface area contributed by atoms with Crippen molar-refractivity contribution < 1.29 is 0 Å². The SMILES string of the molecule is [CH]CN1CCCCC1. The number of hydrogen-bond acceptors (Lipinski definition) is 1. The van der Waals surface area contributed by atoms with E-state index in [0.717, 1.165) is 6.54 Å². The standard InChI is InChI=1S/C7H13N/c1-2-8-6-4-3-5-7-8/h1H,2-7H2. The van der Waals surface area contributed by atoms with Crippen LogP contribution in [0.1, 0.15) is 19.3 Å². The lowest BCUT2D eigenvalue weighted by Gasteiger charge is -2.24. The third-order valence-electron chi connectivity index (χ3n) is 1.71. The summed E-state index contributed by atoms with van der Waals surface area (Å²) in [6.45, 7) is 8.62. The van der Waals surface area contributed by atoms with E-state index in [2.05, 4.69) is 4.90 Å². The summed E-state index contributed by atoms with van der Waals surface area (Å²) < 4.78 is 0. The molecular weight excluding hydrogens is 98.1 g/mol. The Bertz CT molecular complexity index is 55.4. The van der Waals surface area contributed by atoms with Gasteiger partial charge in [-0.1, -0.05) is 6.42 Å². The fraction of sp³-hybridized carbons (Fsp3) is 0.857. The molecule has 1 rings (SSSR count). The van der Waals surface area contributed by atoms with Crippen molar-refractivity contribution in [2.24, 2.45) is 0 Å². The minimum Gasteiger partial charge on any atom is -0.303 e. The molecule has 0 spiro atoms. The molecule has 0 aromatic heterocycles. The third kappa shape index (κ3) is 1.48. The number of piperidine rings is 1. The summed E-state index contributed by atoms with van der Waals surface area (Å²) in [6.07, 6.45) is 4.09. The molecule has 1 fully saturated rings. The summed E-state index contributed by atoms with van der Waals surface area (Å²) in [5.41, 5.74) is 0. The van der Waals surface area contributed by atoms with Gasteiger partial charge >= 0.3 is 0 Å². The van der Waals surface area contributed by atoms with Crippen molar-refractivity contribution in [1.29, 1.82) is 0 Å². The van der Waals surface area contributed by atoms with Gasteiger partial charge in [-0.15, -0.1) is 0 Å². The molecule has 1 aliphatic rings. The molecule has 0 aliphatic carbocycles. The van der Waals surface area contributed by atoms with Gasteiger partial charge in [-0.2, -0.15) is 0 Å². The first-order chi connectivity index (χ1) is 3.93. The Balaban J connectivity index is 2.13. The van der Waals surface area contributed by atoms with Gasteiger partial charge in [0.05, 0.1) is 0 Å². The maximum absolute atomic E-state index is 5.43. The van der Waals surface area contributed by atoms with Crippen molar-refractivity contribution in [3.05, 3.63) is 6.92 Å². The Kier molecular flexibility index (Phi) is 2.34. The molecule has 0 saturated carbocycles. The van der Waals surface area contributed by atoms with Crippen molar-refractivity contribution in [3.63, 3.8) is 0 Å². The van der Waals surface area contributed by atoms with Crippen LogP contribution < -0.4 is 0 Å². The molecule has 0 N–H and O–H groups in total. The molecule has 1 nitrogen and oxygen atoms in total. The largest absolute Gasteiger partial charge is 0.303 e. The van der Waals surface area contributed by atoms with E-state index in [1.807, 2.05) is 0 Å². The van der Waals surface area contributed by atoms with Crippen molar-refractivity contribution in [1.82, 2.24) is 4.90 Å². The van der Waals surface area contributed by atoms with Crippen LogP contribution in [-0.4, -0.2) is 24.5 Å². The Labute approximate surface area is 51.7 Å². The van der Waals surface area contributed by atoms with Gasteiger partial charge in [0.2, 0.25) is 0 Å². The van der Waals surface area contributed by atoms with Gasteiger partial charge < -0.3 is 4.90 Å². The Morgan fingerprint density at radius 2 is 1.75 bits per heavy atom. The van der Waals surface area contributed by atoms with E-state index in [4.69, 9.17) is 6.92 Å². The molecule has 0 atom stereocenters. The van der Waals surface area contributed by atoms with E-state index in [9.17, 15) is 0 Å². The molecule has 0 aromatic carbocycles. The first-order valence-electron chi connectivity index (χ1n) is 3.36. The van der Waals surface area contributed by atoms with Crippen molar-refractivity contribution in [3.8, 4) is 0 Å². The quantitative estimate of drug-likeness (QED) is 0.491. The lowest BCUT2D eigenvalue weighted by Crippen LogP contribution is -2.29. The smallest absolute Gasteiger partial charge is 0.00161 e. The summed E-state index contributed by atoms with van der Waals surface area (Å²) in [5.74, 6) is 0. The predicted octanol–water partition coefficient (Wildman–Crippen LogP) is 1.18. The van der Waals surface area contributed by atoms with Crippen LogP contribution in [0.5, 0.6) is 0 Å². The molecule has 46 valence electrons.